The molecule has 3 heterocycles. The summed E-state index contributed by atoms with van der Waals surface area (Å²) in [5, 5.41) is 5.09. The lowest BCUT2D eigenvalue weighted by Crippen LogP contribution is -2.18. The first kappa shape index (κ1) is 18.7. The number of ether oxygens (including phenoxy) is 2. The van der Waals surface area contributed by atoms with E-state index in [0.29, 0.717) is 16.7 Å². The minimum atomic E-state index is -0.514. The fourth-order valence-corrected chi connectivity index (χ4v) is 3.36. The number of benzene rings is 1. The molecule has 7 heteroatoms. The van der Waals surface area contributed by atoms with Crippen molar-refractivity contribution in [1.82, 2.24) is 14.8 Å². The van der Waals surface area contributed by atoms with Gasteiger partial charge in [-0.2, -0.15) is 5.10 Å². The van der Waals surface area contributed by atoms with E-state index in [-0.39, 0.29) is 11.3 Å². The molecule has 1 aliphatic rings. The predicted octanol–water partition coefficient (Wildman–Crippen LogP) is 5.56. The van der Waals surface area contributed by atoms with Crippen LogP contribution in [0.5, 0.6) is 5.75 Å². The highest BCUT2D eigenvalue weighted by Crippen LogP contribution is 2.38. The van der Waals surface area contributed by atoms with Crippen molar-refractivity contribution in [3.8, 4) is 16.9 Å². The van der Waals surface area contributed by atoms with E-state index in [1.165, 1.54) is 7.11 Å². The van der Waals surface area contributed by atoms with Crippen molar-refractivity contribution in [2.45, 2.75) is 39.3 Å². The summed E-state index contributed by atoms with van der Waals surface area (Å²) in [7, 11) is 1.47. The van der Waals surface area contributed by atoms with Gasteiger partial charge in [-0.15, -0.1) is 0 Å². The van der Waals surface area contributed by atoms with Gasteiger partial charge in [-0.1, -0.05) is 25.4 Å². The molecule has 140 valence electrons. The summed E-state index contributed by atoms with van der Waals surface area (Å²) in [4.78, 5) is 2.95. The predicted molar refractivity (Wildman–Crippen MR) is 101 cm³/mol. The van der Waals surface area contributed by atoms with Gasteiger partial charge in [0.2, 0.25) is 0 Å². The van der Waals surface area contributed by atoms with E-state index in [9.17, 15) is 4.39 Å². The summed E-state index contributed by atoms with van der Waals surface area (Å²) < 4.78 is 27.1. The zero-order valence-corrected chi connectivity index (χ0v) is 15.9. The van der Waals surface area contributed by atoms with Crippen LogP contribution in [0.4, 0.5) is 4.39 Å². The van der Waals surface area contributed by atoms with Crippen molar-refractivity contribution in [2.24, 2.45) is 0 Å². The van der Waals surface area contributed by atoms with Gasteiger partial charge in [-0.3, -0.25) is 0 Å². The van der Waals surface area contributed by atoms with Gasteiger partial charge >= 0.3 is 0 Å². The van der Waals surface area contributed by atoms with Crippen LogP contribution >= 0.6 is 11.6 Å². The summed E-state index contributed by atoms with van der Waals surface area (Å²) >= 11 is 5.98. The Hall–Kier alpha value is -2.05. The molecular formula is C19H23ClFN3O2. The Labute approximate surface area is 157 Å². The Morgan fingerprint density at radius 3 is 2.88 bits per heavy atom. The second kappa shape index (κ2) is 8.10. The topological polar surface area (TPSA) is 52.1 Å². The Morgan fingerprint density at radius 1 is 1.38 bits per heavy atom. The summed E-state index contributed by atoms with van der Waals surface area (Å²) in [6, 6.07) is 1.74. The van der Waals surface area contributed by atoms with Gasteiger partial charge in [0, 0.05) is 35.5 Å². The molecule has 4 rings (SSSR count). The average Bonchev–Trinajstić information content (AvgIpc) is 3.34. The second-order valence-electron chi connectivity index (χ2n) is 5.86. The highest BCUT2D eigenvalue weighted by molar-refractivity contribution is 6.33. The molecule has 1 aliphatic heterocycles. The average molecular weight is 380 g/mol. The standard InChI is InChI=1S/C17H17ClFN3O2.C2H6/c1-23-13-6-11-12(8-20-17(11)16(19)15(13)18)10-7-21-22(9-10)14-4-2-3-5-24-14;1-2/h6-9,14,20H,2-5H2,1H3;1-2H3. The maximum absolute atomic E-state index is 14.4. The zero-order valence-electron chi connectivity index (χ0n) is 15.2. The number of H-pyrrole nitrogens is 1. The molecule has 1 N–H and O–H groups in total. The molecule has 1 unspecified atom stereocenters. The van der Waals surface area contributed by atoms with Crippen LogP contribution in [0.2, 0.25) is 5.02 Å². The number of nitrogens with zero attached hydrogens (tertiary/aromatic N) is 2. The molecule has 0 spiro atoms. The maximum atomic E-state index is 14.4. The minimum Gasteiger partial charge on any atom is -0.495 e. The van der Waals surface area contributed by atoms with Crippen LogP contribution in [-0.2, 0) is 4.74 Å². The number of aromatic nitrogens is 3. The van der Waals surface area contributed by atoms with E-state index in [4.69, 9.17) is 21.1 Å². The molecule has 26 heavy (non-hydrogen) atoms. The van der Waals surface area contributed by atoms with Gasteiger partial charge < -0.3 is 14.5 Å². The first-order valence-electron chi connectivity index (χ1n) is 8.88. The van der Waals surface area contributed by atoms with Gasteiger partial charge in [0.15, 0.2) is 5.82 Å². The van der Waals surface area contributed by atoms with Crippen molar-refractivity contribution in [1.29, 1.82) is 0 Å². The Bertz CT molecular complexity index is 884. The highest BCUT2D eigenvalue weighted by atomic mass is 35.5. The maximum Gasteiger partial charge on any atom is 0.169 e. The van der Waals surface area contributed by atoms with Crippen molar-refractivity contribution >= 4 is 22.5 Å². The molecule has 0 bridgehead atoms. The Balaban J connectivity index is 0.000000948. The molecule has 3 aromatic rings. The van der Waals surface area contributed by atoms with Crippen LogP contribution < -0.4 is 4.74 Å². The molecule has 0 radical (unpaired) electrons. The lowest BCUT2D eigenvalue weighted by molar-refractivity contribution is -0.0394. The number of nitrogens with one attached hydrogen (secondary N) is 1. The quantitative estimate of drug-likeness (QED) is 0.648. The summed E-state index contributed by atoms with van der Waals surface area (Å²) in [5.74, 6) is -0.203. The molecule has 0 saturated carbocycles. The number of hydrogen-bond donors (Lipinski definition) is 1. The minimum absolute atomic E-state index is 0.0234. The lowest BCUT2D eigenvalue weighted by Gasteiger charge is -2.22. The van der Waals surface area contributed by atoms with E-state index >= 15 is 0 Å². The third kappa shape index (κ3) is 3.31. The normalized spacial score (nSPS) is 17.0. The van der Waals surface area contributed by atoms with E-state index in [0.717, 1.165) is 37.0 Å². The van der Waals surface area contributed by atoms with E-state index in [1.54, 1.807) is 18.5 Å². The smallest absolute Gasteiger partial charge is 0.169 e. The summed E-state index contributed by atoms with van der Waals surface area (Å²) in [6.07, 6.45) is 8.59. The van der Waals surface area contributed by atoms with Gasteiger partial charge in [0.25, 0.3) is 0 Å². The van der Waals surface area contributed by atoms with Gasteiger partial charge in [-0.05, 0) is 25.3 Å². The molecule has 2 aromatic heterocycles. The lowest BCUT2D eigenvalue weighted by atomic mass is 10.1. The Kier molecular flexibility index (Phi) is 5.84. The molecule has 1 aromatic carbocycles. The van der Waals surface area contributed by atoms with Crippen molar-refractivity contribution in [2.75, 3.05) is 13.7 Å². The molecule has 0 amide bonds. The first-order valence-corrected chi connectivity index (χ1v) is 9.26. The third-order valence-electron chi connectivity index (χ3n) is 4.41. The number of aromatic amines is 1. The van der Waals surface area contributed by atoms with Crippen LogP contribution in [0.25, 0.3) is 22.0 Å². The number of halogens is 2. The first-order chi connectivity index (χ1) is 12.7. The van der Waals surface area contributed by atoms with Crippen LogP contribution in [0.15, 0.2) is 24.7 Å². The largest absolute Gasteiger partial charge is 0.495 e. The fraction of sp³-hybridized carbons (Fsp3) is 0.421. The number of methoxy groups -OCH3 is 1. The van der Waals surface area contributed by atoms with Gasteiger partial charge in [0.1, 0.15) is 17.0 Å². The molecule has 1 atom stereocenters. The van der Waals surface area contributed by atoms with Crippen molar-refractivity contribution in [3.63, 3.8) is 0 Å². The number of hydrogen-bond acceptors (Lipinski definition) is 3. The molecule has 1 saturated heterocycles. The monoisotopic (exact) mass is 379 g/mol. The molecular weight excluding hydrogens is 357 g/mol. The van der Waals surface area contributed by atoms with Crippen LogP contribution in [0, 0.1) is 5.82 Å². The summed E-state index contributed by atoms with van der Waals surface area (Å²) in [6.45, 7) is 4.76. The van der Waals surface area contributed by atoms with Crippen LogP contribution in [-0.4, -0.2) is 28.5 Å². The van der Waals surface area contributed by atoms with Crippen molar-refractivity contribution in [3.05, 3.63) is 35.5 Å². The molecule has 5 nitrogen and oxygen atoms in total. The zero-order chi connectivity index (χ0) is 18.7. The molecule has 0 aliphatic carbocycles. The third-order valence-corrected chi connectivity index (χ3v) is 4.76. The highest BCUT2D eigenvalue weighted by Gasteiger charge is 2.20. The Morgan fingerprint density at radius 2 is 2.19 bits per heavy atom. The van der Waals surface area contributed by atoms with Gasteiger partial charge in [-0.25, -0.2) is 9.07 Å². The number of fused-ring (bicyclic) bond motifs is 1. The molecule has 1 fully saturated rings. The fourth-order valence-electron chi connectivity index (χ4n) is 3.13. The van der Waals surface area contributed by atoms with E-state index < -0.39 is 5.82 Å². The second-order valence-corrected chi connectivity index (χ2v) is 6.24. The van der Waals surface area contributed by atoms with E-state index in [1.807, 2.05) is 24.7 Å². The van der Waals surface area contributed by atoms with Crippen LogP contribution in [0.1, 0.15) is 39.3 Å². The van der Waals surface area contributed by atoms with E-state index in [2.05, 4.69) is 10.1 Å². The van der Waals surface area contributed by atoms with Crippen molar-refractivity contribution < 1.29 is 13.9 Å². The van der Waals surface area contributed by atoms with Crippen LogP contribution in [0.3, 0.4) is 0 Å². The van der Waals surface area contributed by atoms with Gasteiger partial charge in [0.05, 0.1) is 18.8 Å². The summed E-state index contributed by atoms with van der Waals surface area (Å²) in [5.41, 5.74) is 2.09. The number of rotatable bonds is 3. The SMILES string of the molecule is CC.COc1cc2c(-c3cnn(C4CCCCO4)c3)c[nH]c2c(F)c1Cl.